The van der Waals surface area contributed by atoms with E-state index in [1.807, 2.05) is 11.4 Å². The van der Waals surface area contributed by atoms with E-state index >= 15 is 0 Å². The third-order valence-electron chi connectivity index (χ3n) is 3.15. The molecule has 1 amide bonds. The molecule has 0 atom stereocenters. The van der Waals surface area contributed by atoms with Crippen LogP contribution in [0.2, 0.25) is 0 Å². The Hall–Kier alpha value is -2.77. The molecular weight excluding hydrogens is 346 g/mol. The maximum atomic E-state index is 12.3. The maximum Gasteiger partial charge on any atom is 0.274 e. The number of nitriles is 1. The van der Waals surface area contributed by atoms with Crippen molar-refractivity contribution in [2.75, 3.05) is 17.7 Å². The van der Waals surface area contributed by atoms with Crippen LogP contribution in [0, 0.1) is 11.3 Å². The lowest BCUT2D eigenvalue weighted by molar-refractivity contribution is 0.101. The number of hydrogen-bond acceptors (Lipinski definition) is 8. The van der Waals surface area contributed by atoms with Crippen molar-refractivity contribution in [2.45, 2.75) is 6.42 Å². The first-order valence-electron chi connectivity index (χ1n) is 6.91. The SMILES string of the molecule is CNc1nnc(Cc2csc(NC(=O)c3cc(C#N)cn3C)n2)s1. The van der Waals surface area contributed by atoms with Crippen LogP contribution < -0.4 is 10.6 Å². The van der Waals surface area contributed by atoms with Crippen molar-refractivity contribution in [3.63, 3.8) is 0 Å². The minimum Gasteiger partial charge on any atom is -0.363 e. The molecule has 3 aromatic heterocycles. The number of amides is 1. The predicted molar refractivity (Wildman–Crippen MR) is 92.5 cm³/mol. The third kappa shape index (κ3) is 3.42. The molecule has 0 bridgehead atoms. The summed E-state index contributed by atoms with van der Waals surface area (Å²) in [5.41, 5.74) is 1.67. The number of nitrogens with one attached hydrogen (secondary N) is 2. The van der Waals surface area contributed by atoms with Gasteiger partial charge in [-0.05, 0) is 6.07 Å². The van der Waals surface area contributed by atoms with E-state index < -0.39 is 0 Å². The van der Waals surface area contributed by atoms with E-state index in [2.05, 4.69) is 25.8 Å². The van der Waals surface area contributed by atoms with Gasteiger partial charge in [-0.1, -0.05) is 11.3 Å². The maximum absolute atomic E-state index is 12.3. The Morgan fingerprint density at radius 2 is 2.25 bits per heavy atom. The molecule has 0 spiro atoms. The predicted octanol–water partition coefficient (Wildman–Crippen LogP) is 2.09. The van der Waals surface area contributed by atoms with Gasteiger partial charge in [-0.15, -0.1) is 21.5 Å². The molecule has 122 valence electrons. The van der Waals surface area contributed by atoms with E-state index in [9.17, 15) is 4.79 Å². The van der Waals surface area contributed by atoms with Gasteiger partial charge in [-0.2, -0.15) is 5.26 Å². The molecule has 2 N–H and O–H groups in total. The highest BCUT2D eigenvalue weighted by molar-refractivity contribution is 7.15. The topological polar surface area (TPSA) is 109 Å². The summed E-state index contributed by atoms with van der Waals surface area (Å²) in [6, 6.07) is 3.56. The molecule has 0 saturated carbocycles. The summed E-state index contributed by atoms with van der Waals surface area (Å²) in [4.78, 5) is 16.7. The zero-order chi connectivity index (χ0) is 17.1. The van der Waals surface area contributed by atoms with Gasteiger partial charge in [0.15, 0.2) is 5.13 Å². The number of aryl methyl sites for hydroxylation is 1. The summed E-state index contributed by atoms with van der Waals surface area (Å²) in [6.07, 6.45) is 2.17. The minimum atomic E-state index is -0.298. The van der Waals surface area contributed by atoms with Crippen LogP contribution in [0.15, 0.2) is 17.6 Å². The summed E-state index contributed by atoms with van der Waals surface area (Å²) in [5, 5.41) is 26.6. The van der Waals surface area contributed by atoms with Gasteiger partial charge in [0.25, 0.3) is 5.91 Å². The molecule has 0 aromatic carbocycles. The molecule has 0 radical (unpaired) electrons. The summed E-state index contributed by atoms with van der Waals surface area (Å²) < 4.78 is 1.61. The van der Waals surface area contributed by atoms with E-state index in [4.69, 9.17) is 5.26 Å². The number of nitrogens with zero attached hydrogens (tertiary/aromatic N) is 5. The van der Waals surface area contributed by atoms with Crippen LogP contribution in [0.25, 0.3) is 0 Å². The van der Waals surface area contributed by atoms with Gasteiger partial charge in [0.2, 0.25) is 5.13 Å². The molecule has 3 aromatic rings. The van der Waals surface area contributed by atoms with Gasteiger partial charge in [-0.25, -0.2) is 4.98 Å². The fraction of sp³-hybridized carbons (Fsp3) is 0.214. The van der Waals surface area contributed by atoms with E-state index in [0.29, 0.717) is 22.8 Å². The summed E-state index contributed by atoms with van der Waals surface area (Å²) in [5.74, 6) is -0.298. The van der Waals surface area contributed by atoms with Crippen LogP contribution in [0.4, 0.5) is 10.3 Å². The standard InChI is InChI=1S/C14H13N7OS2/c1-16-13-20-19-11(24-13)4-9-7-23-14(17-9)18-12(22)10-3-8(5-15)6-21(10)2/h3,6-7H,4H2,1-2H3,(H,16,20)(H,17,18,22). The highest BCUT2D eigenvalue weighted by atomic mass is 32.1. The monoisotopic (exact) mass is 359 g/mol. The van der Waals surface area contributed by atoms with Crippen LogP contribution in [0.3, 0.4) is 0 Å². The van der Waals surface area contributed by atoms with Gasteiger partial charge in [0.1, 0.15) is 16.8 Å². The number of thiazole rings is 1. The number of rotatable bonds is 5. The molecule has 0 aliphatic heterocycles. The Balaban J connectivity index is 1.68. The van der Waals surface area contributed by atoms with E-state index in [1.165, 1.54) is 22.7 Å². The number of anilines is 2. The van der Waals surface area contributed by atoms with Gasteiger partial charge in [0.05, 0.1) is 11.3 Å². The Bertz CT molecular complexity index is 918. The average molecular weight is 359 g/mol. The Labute approximate surface area is 145 Å². The van der Waals surface area contributed by atoms with Crippen molar-refractivity contribution in [3.8, 4) is 6.07 Å². The van der Waals surface area contributed by atoms with E-state index in [1.54, 1.807) is 30.9 Å². The van der Waals surface area contributed by atoms with Crippen LogP contribution in [-0.4, -0.2) is 32.7 Å². The van der Waals surface area contributed by atoms with Crippen LogP contribution in [0.5, 0.6) is 0 Å². The first kappa shape index (κ1) is 16.1. The quantitative estimate of drug-likeness (QED) is 0.722. The highest BCUT2D eigenvalue weighted by Gasteiger charge is 2.14. The summed E-state index contributed by atoms with van der Waals surface area (Å²) >= 11 is 2.81. The molecule has 8 nitrogen and oxygen atoms in total. The van der Waals surface area contributed by atoms with Crippen LogP contribution in [0.1, 0.15) is 26.8 Å². The second-order valence-corrected chi connectivity index (χ2v) is 6.78. The first-order valence-corrected chi connectivity index (χ1v) is 8.61. The molecule has 3 heterocycles. The second-order valence-electron chi connectivity index (χ2n) is 4.86. The Morgan fingerprint density at radius 3 is 2.92 bits per heavy atom. The largest absolute Gasteiger partial charge is 0.363 e. The second kappa shape index (κ2) is 6.77. The molecule has 0 aliphatic rings. The van der Waals surface area contributed by atoms with E-state index in [-0.39, 0.29) is 5.91 Å². The van der Waals surface area contributed by atoms with E-state index in [0.717, 1.165) is 15.8 Å². The zero-order valence-corrected chi connectivity index (χ0v) is 14.5. The fourth-order valence-corrected chi connectivity index (χ4v) is 3.45. The lowest BCUT2D eigenvalue weighted by Gasteiger charge is -2.02. The third-order valence-corrected chi connectivity index (χ3v) is 4.90. The minimum absolute atomic E-state index is 0.298. The normalized spacial score (nSPS) is 10.4. The Kier molecular flexibility index (Phi) is 4.54. The molecule has 24 heavy (non-hydrogen) atoms. The van der Waals surface area contributed by atoms with Gasteiger partial charge >= 0.3 is 0 Å². The van der Waals surface area contributed by atoms with Crippen molar-refractivity contribution in [1.82, 2.24) is 19.7 Å². The van der Waals surface area contributed by atoms with Crippen LogP contribution in [-0.2, 0) is 13.5 Å². The number of carbonyl (C=O) groups excluding carboxylic acids is 1. The lowest BCUT2D eigenvalue weighted by Crippen LogP contribution is -2.15. The molecule has 0 aliphatic carbocycles. The molecule has 0 fully saturated rings. The van der Waals surface area contributed by atoms with Crippen molar-refractivity contribution >= 4 is 38.8 Å². The van der Waals surface area contributed by atoms with Gasteiger partial charge < -0.3 is 9.88 Å². The van der Waals surface area contributed by atoms with Crippen molar-refractivity contribution in [3.05, 3.63) is 39.6 Å². The van der Waals surface area contributed by atoms with Gasteiger partial charge in [-0.3, -0.25) is 10.1 Å². The van der Waals surface area contributed by atoms with Crippen molar-refractivity contribution in [1.29, 1.82) is 5.26 Å². The molecule has 0 saturated heterocycles. The zero-order valence-electron chi connectivity index (χ0n) is 12.9. The van der Waals surface area contributed by atoms with Gasteiger partial charge in [0, 0.05) is 32.1 Å². The smallest absolute Gasteiger partial charge is 0.274 e. The molecular formula is C14H13N7OS2. The molecule has 10 heteroatoms. The average Bonchev–Trinajstić information content (AvgIpc) is 3.28. The number of carbonyl (C=O) groups is 1. The summed E-state index contributed by atoms with van der Waals surface area (Å²) in [6.45, 7) is 0. The molecule has 3 rings (SSSR count). The van der Waals surface area contributed by atoms with Crippen molar-refractivity contribution < 1.29 is 4.79 Å². The first-order chi connectivity index (χ1) is 11.6. The number of aromatic nitrogens is 4. The molecule has 0 unspecified atom stereocenters. The van der Waals surface area contributed by atoms with Crippen LogP contribution >= 0.6 is 22.7 Å². The fourth-order valence-electron chi connectivity index (χ4n) is 2.04. The Morgan fingerprint density at radius 1 is 1.42 bits per heavy atom. The summed E-state index contributed by atoms with van der Waals surface area (Å²) in [7, 11) is 3.51. The van der Waals surface area contributed by atoms with Crippen molar-refractivity contribution in [2.24, 2.45) is 7.05 Å². The number of hydrogen-bond donors (Lipinski definition) is 2. The highest BCUT2D eigenvalue weighted by Crippen LogP contribution is 2.22. The lowest BCUT2D eigenvalue weighted by atomic mass is 10.3.